The number of carboxylic acids is 1. The average molecular weight is 324 g/mol. The Morgan fingerprint density at radius 3 is 2.04 bits per heavy atom. The van der Waals surface area contributed by atoms with Gasteiger partial charge in [0.1, 0.15) is 5.75 Å². The van der Waals surface area contributed by atoms with Crippen molar-refractivity contribution in [1.82, 2.24) is 4.90 Å². The zero-order valence-corrected chi connectivity index (χ0v) is 12.9. The van der Waals surface area contributed by atoms with Crippen molar-refractivity contribution >= 4 is 17.8 Å². The molecule has 1 aliphatic heterocycles. The van der Waals surface area contributed by atoms with Crippen molar-refractivity contribution in [3.8, 4) is 5.75 Å². The largest absolute Gasteiger partial charge is 0.548 e. The van der Waals surface area contributed by atoms with Gasteiger partial charge in [-0.2, -0.15) is 0 Å². The zero-order valence-electron chi connectivity index (χ0n) is 12.9. The van der Waals surface area contributed by atoms with E-state index in [1.807, 2.05) is 0 Å². The van der Waals surface area contributed by atoms with E-state index in [0.29, 0.717) is 11.3 Å². The average Bonchev–Trinajstić information content (AvgIpc) is 2.85. The predicted molar refractivity (Wildman–Crippen MR) is 82.4 cm³/mol. The van der Waals surface area contributed by atoms with Crippen LogP contribution in [0.15, 0.2) is 48.5 Å². The van der Waals surface area contributed by atoms with Crippen molar-refractivity contribution in [2.45, 2.75) is 12.5 Å². The van der Waals surface area contributed by atoms with E-state index >= 15 is 0 Å². The molecule has 24 heavy (non-hydrogen) atoms. The van der Waals surface area contributed by atoms with Crippen molar-refractivity contribution < 1.29 is 24.2 Å². The van der Waals surface area contributed by atoms with Gasteiger partial charge in [0.25, 0.3) is 11.8 Å². The minimum atomic E-state index is -1.47. The number of benzene rings is 2. The number of hydrogen-bond donors (Lipinski definition) is 0. The molecule has 0 unspecified atom stereocenters. The second-order valence-electron chi connectivity index (χ2n) is 5.41. The Balaban J connectivity index is 1.90. The van der Waals surface area contributed by atoms with Gasteiger partial charge in [-0.3, -0.25) is 14.5 Å². The molecule has 0 N–H and O–H groups in total. The Bertz CT molecular complexity index is 777. The summed E-state index contributed by atoms with van der Waals surface area (Å²) in [4.78, 5) is 37.2. The molecule has 0 radical (unpaired) electrons. The first kappa shape index (κ1) is 15.7. The van der Waals surface area contributed by atoms with E-state index in [-0.39, 0.29) is 17.5 Å². The van der Waals surface area contributed by atoms with E-state index in [9.17, 15) is 19.5 Å². The fraction of sp³-hybridized carbons (Fsp3) is 0.167. The molecule has 1 aliphatic rings. The van der Waals surface area contributed by atoms with Crippen LogP contribution in [0.2, 0.25) is 0 Å². The molecule has 0 bridgehead atoms. The van der Waals surface area contributed by atoms with Crippen molar-refractivity contribution in [2.75, 3.05) is 7.11 Å². The summed E-state index contributed by atoms with van der Waals surface area (Å²) in [5, 5.41) is 11.6. The van der Waals surface area contributed by atoms with Crippen LogP contribution in [0, 0.1) is 0 Å². The number of methoxy groups -OCH3 is 1. The summed E-state index contributed by atoms with van der Waals surface area (Å²) >= 11 is 0. The fourth-order valence-electron chi connectivity index (χ4n) is 2.76. The smallest absolute Gasteiger partial charge is 0.262 e. The topological polar surface area (TPSA) is 86.7 Å². The molecule has 0 aliphatic carbocycles. The van der Waals surface area contributed by atoms with Gasteiger partial charge in [0.15, 0.2) is 0 Å². The van der Waals surface area contributed by atoms with Gasteiger partial charge in [-0.15, -0.1) is 0 Å². The maximum Gasteiger partial charge on any atom is 0.262 e. The molecule has 6 heteroatoms. The van der Waals surface area contributed by atoms with Gasteiger partial charge in [0, 0.05) is 0 Å². The first-order valence-corrected chi connectivity index (χ1v) is 7.33. The fourth-order valence-corrected chi connectivity index (χ4v) is 2.76. The normalized spacial score (nSPS) is 14.5. The second-order valence-corrected chi connectivity index (χ2v) is 5.41. The highest BCUT2D eigenvalue weighted by atomic mass is 16.5. The van der Waals surface area contributed by atoms with Gasteiger partial charge in [-0.05, 0) is 36.2 Å². The van der Waals surface area contributed by atoms with Crippen LogP contribution >= 0.6 is 0 Å². The molecule has 0 saturated carbocycles. The van der Waals surface area contributed by atoms with Crippen LogP contribution in [0.1, 0.15) is 26.3 Å². The molecule has 2 amide bonds. The van der Waals surface area contributed by atoms with E-state index in [4.69, 9.17) is 4.74 Å². The summed E-state index contributed by atoms with van der Waals surface area (Å²) in [6.07, 6.45) is -0.0300. The Hall–Kier alpha value is -3.15. The summed E-state index contributed by atoms with van der Waals surface area (Å²) in [7, 11) is 1.53. The minimum Gasteiger partial charge on any atom is -0.548 e. The summed E-state index contributed by atoms with van der Waals surface area (Å²) in [5.41, 5.74) is 1.08. The highest BCUT2D eigenvalue weighted by molar-refractivity contribution is 6.22. The monoisotopic (exact) mass is 324 g/mol. The molecular formula is C18H14NO5-. The van der Waals surface area contributed by atoms with Crippen LogP contribution in [0.5, 0.6) is 5.75 Å². The van der Waals surface area contributed by atoms with Crippen molar-refractivity contribution in [3.05, 3.63) is 65.2 Å². The number of aliphatic carboxylic acids is 1. The Morgan fingerprint density at radius 1 is 1.04 bits per heavy atom. The Kier molecular flexibility index (Phi) is 4.04. The number of ether oxygens (including phenoxy) is 1. The molecule has 1 atom stereocenters. The van der Waals surface area contributed by atoms with Gasteiger partial charge in [-0.25, -0.2) is 0 Å². The molecule has 2 aromatic carbocycles. The van der Waals surface area contributed by atoms with Crippen LogP contribution in [0.3, 0.4) is 0 Å². The van der Waals surface area contributed by atoms with Gasteiger partial charge in [-0.1, -0.05) is 24.3 Å². The van der Waals surface area contributed by atoms with Crippen molar-refractivity contribution in [1.29, 1.82) is 0 Å². The van der Waals surface area contributed by atoms with Crippen LogP contribution < -0.4 is 9.84 Å². The Labute approximate surface area is 138 Å². The third-order valence-electron chi connectivity index (χ3n) is 4.00. The van der Waals surface area contributed by atoms with Gasteiger partial charge in [0.05, 0.1) is 30.2 Å². The van der Waals surface area contributed by atoms with E-state index in [1.54, 1.807) is 36.4 Å². The third kappa shape index (κ3) is 2.62. The molecule has 0 saturated heterocycles. The molecule has 0 aromatic heterocycles. The second kappa shape index (κ2) is 6.16. The van der Waals surface area contributed by atoms with E-state index in [2.05, 4.69) is 0 Å². The summed E-state index contributed by atoms with van der Waals surface area (Å²) in [5.74, 6) is -2.07. The molecule has 0 spiro atoms. The number of carbonyl (C=O) groups is 3. The molecule has 0 fully saturated rings. The maximum absolute atomic E-state index is 12.4. The quantitative estimate of drug-likeness (QED) is 0.754. The predicted octanol–water partition coefficient (Wildman–Crippen LogP) is 0.652. The lowest BCUT2D eigenvalue weighted by atomic mass is 10.0. The number of carbonyl (C=O) groups excluding carboxylic acids is 3. The van der Waals surface area contributed by atoms with Crippen LogP contribution in [-0.2, 0) is 11.2 Å². The lowest BCUT2D eigenvalue weighted by molar-refractivity contribution is -0.310. The number of imide groups is 1. The van der Waals surface area contributed by atoms with Crippen LogP contribution in [0.25, 0.3) is 0 Å². The lowest BCUT2D eigenvalue weighted by Crippen LogP contribution is -2.51. The summed E-state index contributed by atoms with van der Waals surface area (Å²) in [6.45, 7) is 0. The van der Waals surface area contributed by atoms with E-state index < -0.39 is 23.8 Å². The van der Waals surface area contributed by atoms with Crippen molar-refractivity contribution in [2.24, 2.45) is 0 Å². The molecule has 2 aromatic rings. The highest BCUT2D eigenvalue weighted by Crippen LogP contribution is 2.26. The van der Waals surface area contributed by atoms with Crippen LogP contribution in [0.4, 0.5) is 0 Å². The maximum atomic E-state index is 12.4. The Morgan fingerprint density at radius 2 is 1.58 bits per heavy atom. The van der Waals surface area contributed by atoms with Crippen molar-refractivity contribution in [3.63, 3.8) is 0 Å². The SMILES string of the molecule is COc1ccc(C[C@H](C(=O)[O-])N2C(=O)c3ccccc3C2=O)cc1. The zero-order chi connectivity index (χ0) is 17.3. The number of hydrogen-bond acceptors (Lipinski definition) is 5. The van der Waals surface area contributed by atoms with E-state index in [0.717, 1.165) is 4.90 Å². The van der Waals surface area contributed by atoms with Gasteiger partial charge < -0.3 is 14.6 Å². The number of carboxylic acid groups (broad SMARTS) is 1. The number of rotatable bonds is 5. The molecule has 122 valence electrons. The molecule has 1 heterocycles. The number of fused-ring (bicyclic) bond motifs is 1. The van der Waals surface area contributed by atoms with E-state index in [1.165, 1.54) is 19.2 Å². The van der Waals surface area contributed by atoms with Crippen LogP contribution in [-0.4, -0.2) is 35.8 Å². The molecule has 6 nitrogen and oxygen atoms in total. The first-order chi connectivity index (χ1) is 11.5. The number of nitrogens with zero attached hydrogens (tertiary/aromatic N) is 1. The molecular weight excluding hydrogens is 310 g/mol. The number of amides is 2. The highest BCUT2D eigenvalue weighted by Gasteiger charge is 2.40. The third-order valence-corrected chi connectivity index (χ3v) is 4.00. The minimum absolute atomic E-state index is 0.0300. The lowest BCUT2D eigenvalue weighted by Gasteiger charge is -2.27. The standard InChI is InChI=1S/C18H15NO5/c1-24-12-8-6-11(7-9-12)10-15(18(22)23)19-16(20)13-4-2-3-5-14(13)17(19)21/h2-9,15H,10H2,1H3,(H,22,23)/p-1/t15-/m1/s1. The summed E-state index contributed by atoms with van der Waals surface area (Å²) < 4.78 is 5.05. The summed E-state index contributed by atoms with van der Waals surface area (Å²) in [6, 6.07) is 11.7. The van der Waals surface area contributed by atoms with Gasteiger partial charge >= 0.3 is 0 Å². The molecule has 3 rings (SSSR count). The first-order valence-electron chi connectivity index (χ1n) is 7.33. The van der Waals surface area contributed by atoms with Gasteiger partial charge in [0.2, 0.25) is 0 Å².